The minimum Gasteiger partial charge on any atom is -0.481 e. The summed E-state index contributed by atoms with van der Waals surface area (Å²) in [5.74, 6) is 0.567. The Kier molecular flexibility index (Phi) is 16.7. The second-order valence-electron chi connectivity index (χ2n) is 6.85. The maximum absolute atomic E-state index is 10.4. The van der Waals surface area contributed by atoms with Gasteiger partial charge in [0.2, 0.25) is 0 Å². The maximum atomic E-state index is 10.4. The molecule has 26 heavy (non-hydrogen) atoms. The van der Waals surface area contributed by atoms with E-state index in [1.807, 2.05) is 0 Å². The highest BCUT2D eigenvalue weighted by atomic mass is 16.4. The van der Waals surface area contributed by atoms with Crippen LogP contribution in [0.25, 0.3) is 0 Å². The molecule has 0 aromatic rings. The van der Waals surface area contributed by atoms with E-state index in [4.69, 9.17) is 5.11 Å². The molecule has 2 unspecified atom stereocenters. The number of aliphatic carboxylic acids is 1. The molecule has 0 bridgehead atoms. The topological polar surface area (TPSA) is 37.3 Å². The molecule has 0 rings (SSSR count). The largest absolute Gasteiger partial charge is 0.481 e. The molecule has 1 N–H and O–H groups in total. The maximum Gasteiger partial charge on any atom is 0.303 e. The summed E-state index contributed by atoms with van der Waals surface area (Å²) in [7, 11) is 0. The molecule has 0 aliphatic heterocycles. The highest BCUT2D eigenvalue weighted by Gasteiger charge is 2.06. The van der Waals surface area contributed by atoms with Crippen molar-refractivity contribution in [1.29, 1.82) is 0 Å². The lowest BCUT2D eigenvalue weighted by molar-refractivity contribution is -0.137. The van der Waals surface area contributed by atoms with Crippen LogP contribution >= 0.6 is 0 Å². The first kappa shape index (κ1) is 24.2. The number of rotatable bonds is 15. The molecule has 146 valence electrons. The van der Waals surface area contributed by atoms with Crippen LogP contribution < -0.4 is 0 Å². The molecule has 2 nitrogen and oxygen atoms in total. The van der Waals surface area contributed by atoms with Gasteiger partial charge in [0.15, 0.2) is 0 Å². The van der Waals surface area contributed by atoms with Crippen LogP contribution in [0.5, 0.6) is 0 Å². The van der Waals surface area contributed by atoms with E-state index in [0.29, 0.717) is 18.3 Å². The fraction of sp³-hybridized carbons (Fsp3) is 0.542. The Labute approximate surface area is 161 Å². The summed E-state index contributed by atoms with van der Waals surface area (Å²) in [5, 5.41) is 8.55. The first-order chi connectivity index (χ1) is 12.6. The van der Waals surface area contributed by atoms with Gasteiger partial charge in [-0.2, -0.15) is 0 Å². The predicted octanol–water partition coefficient (Wildman–Crippen LogP) is 7.26. The van der Waals surface area contributed by atoms with E-state index >= 15 is 0 Å². The third-order valence-corrected chi connectivity index (χ3v) is 4.39. The van der Waals surface area contributed by atoms with Crippen molar-refractivity contribution in [3.05, 3.63) is 60.8 Å². The average Bonchev–Trinajstić information content (AvgIpc) is 2.61. The van der Waals surface area contributed by atoms with E-state index in [2.05, 4.69) is 81.5 Å². The zero-order valence-electron chi connectivity index (χ0n) is 16.9. The molecule has 0 saturated carbocycles. The number of carboxylic acid groups (broad SMARTS) is 1. The number of hydrogen-bond donors (Lipinski definition) is 1. The Morgan fingerprint density at radius 1 is 0.885 bits per heavy atom. The number of unbranched alkanes of at least 4 members (excludes halogenated alkanes) is 3. The number of carbonyl (C=O) groups is 1. The number of hydrogen-bond acceptors (Lipinski definition) is 1. The molecule has 0 aromatic carbocycles. The lowest BCUT2D eigenvalue weighted by atomic mass is 9.92. The van der Waals surface area contributed by atoms with Gasteiger partial charge >= 0.3 is 5.97 Å². The summed E-state index contributed by atoms with van der Waals surface area (Å²) in [4.78, 5) is 10.4. The normalized spacial score (nSPS) is 15.2. The Morgan fingerprint density at radius 3 is 2.38 bits per heavy atom. The van der Waals surface area contributed by atoms with Crippen molar-refractivity contribution < 1.29 is 9.90 Å². The van der Waals surface area contributed by atoms with E-state index in [0.717, 1.165) is 44.9 Å². The van der Waals surface area contributed by atoms with Crippen molar-refractivity contribution in [3.63, 3.8) is 0 Å². The summed E-state index contributed by atoms with van der Waals surface area (Å²) in [6, 6.07) is 0. The van der Waals surface area contributed by atoms with Gasteiger partial charge in [0.1, 0.15) is 0 Å². The van der Waals surface area contributed by atoms with Crippen LogP contribution in [0.4, 0.5) is 0 Å². The molecule has 0 aliphatic carbocycles. The van der Waals surface area contributed by atoms with Crippen LogP contribution in [-0.2, 0) is 4.79 Å². The van der Waals surface area contributed by atoms with Gasteiger partial charge in [0.05, 0.1) is 0 Å². The smallest absolute Gasteiger partial charge is 0.303 e. The molecular weight excluding hydrogens is 320 g/mol. The van der Waals surface area contributed by atoms with Gasteiger partial charge in [-0.1, -0.05) is 88.0 Å². The molecule has 0 fully saturated rings. The molecule has 0 heterocycles. The standard InChI is InChI=1S/C24H38O2/c1-4-5-16-19-22(2)23(3)20-17-14-12-10-8-6-7-9-11-13-15-18-21-24(25)26/h5,7-10,12,14,16-17,20,22-23H,4,6,11,13,15,18-19,21H2,1-3H3,(H,25,26)/b9-7-,10-8-,14-12-,16-5-,20-17+. The second kappa shape index (κ2) is 18.0. The lowest BCUT2D eigenvalue weighted by Gasteiger charge is -2.13. The molecule has 0 aliphatic rings. The van der Waals surface area contributed by atoms with E-state index < -0.39 is 5.97 Å². The van der Waals surface area contributed by atoms with Crippen molar-refractivity contribution in [3.8, 4) is 0 Å². The zero-order valence-corrected chi connectivity index (χ0v) is 16.9. The van der Waals surface area contributed by atoms with Gasteiger partial charge < -0.3 is 5.11 Å². The summed E-state index contributed by atoms with van der Waals surface area (Å²) in [6.45, 7) is 6.75. The average molecular weight is 359 g/mol. The first-order valence-corrected chi connectivity index (χ1v) is 10.1. The van der Waals surface area contributed by atoms with Gasteiger partial charge in [-0.05, 0) is 50.4 Å². The molecule has 0 saturated heterocycles. The van der Waals surface area contributed by atoms with Crippen LogP contribution in [0.2, 0.25) is 0 Å². The Bertz CT molecular complexity index is 480. The highest BCUT2D eigenvalue weighted by molar-refractivity contribution is 5.66. The first-order valence-electron chi connectivity index (χ1n) is 10.1. The fourth-order valence-electron chi connectivity index (χ4n) is 2.41. The predicted molar refractivity (Wildman–Crippen MR) is 114 cm³/mol. The fourth-order valence-corrected chi connectivity index (χ4v) is 2.41. The molecular formula is C24H38O2. The zero-order chi connectivity index (χ0) is 19.5. The Balaban J connectivity index is 3.75. The van der Waals surface area contributed by atoms with E-state index in [1.54, 1.807) is 0 Å². The van der Waals surface area contributed by atoms with Crippen LogP contribution in [0.1, 0.15) is 72.1 Å². The van der Waals surface area contributed by atoms with Crippen LogP contribution in [0.15, 0.2) is 60.8 Å². The quantitative estimate of drug-likeness (QED) is 0.190. The van der Waals surface area contributed by atoms with Gasteiger partial charge in [0.25, 0.3) is 0 Å². The molecule has 2 heteroatoms. The van der Waals surface area contributed by atoms with Crippen molar-refractivity contribution in [2.45, 2.75) is 72.1 Å². The monoisotopic (exact) mass is 358 g/mol. The van der Waals surface area contributed by atoms with Crippen molar-refractivity contribution >= 4 is 5.97 Å². The summed E-state index contributed by atoms with van der Waals surface area (Å²) < 4.78 is 0. The third-order valence-electron chi connectivity index (χ3n) is 4.39. The lowest BCUT2D eigenvalue weighted by Crippen LogP contribution is -2.03. The minimum absolute atomic E-state index is 0.292. The molecule has 0 amide bonds. The minimum atomic E-state index is -0.693. The third kappa shape index (κ3) is 17.0. The Hall–Kier alpha value is -1.83. The summed E-state index contributed by atoms with van der Waals surface area (Å²) >= 11 is 0. The Morgan fingerprint density at radius 2 is 1.65 bits per heavy atom. The van der Waals surface area contributed by atoms with Crippen molar-refractivity contribution in [2.24, 2.45) is 11.8 Å². The van der Waals surface area contributed by atoms with E-state index in [9.17, 15) is 4.79 Å². The highest BCUT2D eigenvalue weighted by Crippen LogP contribution is 2.17. The molecule has 0 aromatic heterocycles. The summed E-state index contributed by atoms with van der Waals surface area (Å²) in [6.07, 6.45) is 29.1. The SMILES string of the molecule is CC/C=C\CC(C)C(C)/C=C/C=C\C=C/C/C=C\CCCCCC(=O)O. The van der Waals surface area contributed by atoms with Crippen LogP contribution in [0, 0.1) is 11.8 Å². The molecule has 0 radical (unpaired) electrons. The molecule has 0 spiro atoms. The number of carboxylic acids is 1. The summed E-state index contributed by atoms with van der Waals surface area (Å²) in [5.41, 5.74) is 0. The number of allylic oxidation sites excluding steroid dienone is 10. The van der Waals surface area contributed by atoms with Gasteiger partial charge in [-0.3, -0.25) is 4.79 Å². The van der Waals surface area contributed by atoms with Crippen LogP contribution in [-0.4, -0.2) is 11.1 Å². The van der Waals surface area contributed by atoms with Crippen molar-refractivity contribution in [2.75, 3.05) is 0 Å². The molecule has 2 atom stereocenters. The van der Waals surface area contributed by atoms with Gasteiger partial charge in [-0.25, -0.2) is 0 Å². The van der Waals surface area contributed by atoms with Gasteiger partial charge in [0, 0.05) is 6.42 Å². The van der Waals surface area contributed by atoms with Gasteiger partial charge in [-0.15, -0.1) is 0 Å². The van der Waals surface area contributed by atoms with E-state index in [-0.39, 0.29) is 0 Å². The van der Waals surface area contributed by atoms with Crippen molar-refractivity contribution in [1.82, 2.24) is 0 Å². The van der Waals surface area contributed by atoms with Crippen LogP contribution in [0.3, 0.4) is 0 Å². The van der Waals surface area contributed by atoms with E-state index in [1.165, 1.54) is 0 Å². The second-order valence-corrected chi connectivity index (χ2v) is 6.85.